The molecule has 0 unspecified atom stereocenters. The van der Waals surface area contributed by atoms with E-state index in [0.717, 1.165) is 25.2 Å². The molecule has 2 heteroatoms. The van der Waals surface area contributed by atoms with Gasteiger partial charge in [-0.15, -0.1) is 0 Å². The minimum absolute atomic E-state index is 0.577. The van der Waals surface area contributed by atoms with E-state index in [9.17, 15) is 0 Å². The topological polar surface area (TPSA) is 12.5 Å². The highest BCUT2D eigenvalue weighted by Gasteiger charge is 2.11. The van der Waals surface area contributed by atoms with E-state index in [4.69, 9.17) is 4.74 Å². The molecule has 1 aromatic rings. The molecule has 1 saturated heterocycles. The van der Waals surface area contributed by atoms with Gasteiger partial charge >= 0.3 is 0 Å². The first-order valence-corrected chi connectivity index (χ1v) is 8.25. The van der Waals surface area contributed by atoms with E-state index in [-0.39, 0.29) is 0 Å². The fraction of sp³-hybridized carbons (Fsp3) is 0.667. The number of piperidine rings is 1. The third kappa shape index (κ3) is 4.52. The molecule has 1 aliphatic rings. The summed E-state index contributed by atoms with van der Waals surface area (Å²) in [6.45, 7) is 9.09. The van der Waals surface area contributed by atoms with Crippen molar-refractivity contribution in [2.24, 2.45) is 0 Å². The Bertz CT molecular complexity index is 385. The zero-order valence-corrected chi connectivity index (χ0v) is 13.1. The number of benzene rings is 1. The molecule has 0 saturated carbocycles. The zero-order chi connectivity index (χ0) is 14.2. The average molecular weight is 275 g/mol. The van der Waals surface area contributed by atoms with Gasteiger partial charge in [0.2, 0.25) is 0 Å². The van der Waals surface area contributed by atoms with E-state index in [0.29, 0.717) is 5.92 Å². The van der Waals surface area contributed by atoms with Gasteiger partial charge < -0.3 is 9.64 Å². The molecule has 1 atom stereocenters. The van der Waals surface area contributed by atoms with Crippen molar-refractivity contribution in [3.05, 3.63) is 29.8 Å². The van der Waals surface area contributed by atoms with Gasteiger partial charge in [-0.3, -0.25) is 0 Å². The summed E-state index contributed by atoms with van der Waals surface area (Å²) in [5.74, 6) is 1.66. The first kappa shape index (κ1) is 15.4. The minimum Gasteiger partial charge on any atom is -0.493 e. The summed E-state index contributed by atoms with van der Waals surface area (Å²) < 4.78 is 6.02. The Kier molecular flexibility index (Phi) is 6.38. The van der Waals surface area contributed by atoms with Crippen molar-refractivity contribution in [2.75, 3.05) is 26.2 Å². The first-order valence-electron chi connectivity index (χ1n) is 8.25. The molecule has 0 aliphatic carbocycles. The SMILES string of the molecule is CC[C@H](C)c1ccccc1OCCCN1CCCCC1. The third-order valence-electron chi connectivity index (χ3n) is 4.39. The van der Waals surface area contributed by atoms with Crippen molar-refractivity contribution in [2.45, 2.75) is 51.9 Å². The molecule has 112 valence electrons. The summed E-state index contributed by atoms with van der Waals surface area (Å²) in [6, 6.07) is 8.50. The van der Waals surface area contributed by atoms with Crippen LogP contribution in [0.15, 0.2) is 24.3 Å². The number of hydrogen-bond acceptors (Lipinski definition) is 2. The summed E-state index contributed by atoms with van der Waals surface area (Å²) in [7, 11) is 0. The molecule has 0 N–H and O–H groups in total. The van der Waals surface area contributed by atoms with Crippen LogP contribution in [-0.4, -0.2) is 31.1 Å². The van der Waals surface area contributed by atoms with Crippen molar-refractivity contribution in [3.8, 4) is 5.75 Å². The van der Waals surface area contributed by atoms with E-state index < -0.39 is 0 Å². The quantitative estimate of drug-likeness (QED) is 0.681. The molecule has 0 bridgehead atoms. The molecule has 0 radical (unpaired) electrons. The number of hydrogen-bond donors (Lipinski definition) is 0. The molecule has 20 heavy (non-hydrogen) atoms. The van der Waals surface area contributed by atoms with Gasteiger partial charge in [0.15, 0.2) is 0 Å². The lowest BCUT2D eigenvalue weighted by Crippen LogP contribution is -2.31. The molecular weight excluding hydrogens is 246 g/mol. The Morgan fingerprint density at radius 2 is 1.90 bits per heavy atom. The molecule has 0 amide bonds. The molecular formula is C18H29NO. The van der Waals surface area contributed by atoms with Gasteiger partial charge in [-0.25, -0.2) is 0 Å². The lowest BCUT2D eigenvalue weighted by atomic mass is 9.98. The van der Waals surface area contributed by atoms with Crippen LogP contribution in [0.25, 0.3) is 0 Å². The summed E-state index contributed by atoms with van der Waals surface area (Å²) in [5.41, 5.74) is 1.35. The van der Waals surface area contributed by atoms with E-state index >= 15 is 0 Å². The lowest BCUT2D eigenvalue weighted by molar-refractivity contribution is 0.204. The number of ether oxygens (including phenoxy) is 1. The van der Waals surface area contributed by atoms with Crippen molar-refractivity contribution < 1.29 is 4.74 Å². The Morgan fingerprint density at radius 1 is 1.15 bits per heavy atom. The first-order chi connectivity index (χ1) is 9.81. The van der Waals surface area contributed by atoms with Gasteiger partial charge in [0, 0.05) is 6.54 Å². The van der Waals surface area contributed by atoms with Crippen LogP contribution in [0.4, 0.5) is 0 Å². The van der Waals surface area contributed by atoms with Gasteiger partial charge in [0.1, 0.15) is 5.75 Å². The summed E-state index contributed by atoms with van der Waals surface area (Å²) in [4.78, 5) is 2.58. The summed E-state index contributed by atoms with van der Waals surface area (Å²) in [6.07, 6.45) is 6.45. The van der Waals surface area contributed by atoms with Crippen molar-refractivity contribution in [3.63, 3.8) is 0 Å². The maximum atomic E-state index is 6.02. The van der Waals surface area contributed by atoms with Gasteiger partial charge in [0.25, 0.3) is 0 Å². The van der Waals surface area contributed by atoms with E-state index in [2.05, 4.69) is 43.0 Å². The maximum absolute atomic E-state index is 6.02. The molecule has 2 rings (SSSR count). The second-order valence-electron chi connectivity index (χ2n) is 5.95. The van der Waals surface area contributed by atoms with E-state index in [1.807, 2.05) is 0 Å². The predicted octanol–water partition coefficient (Wildman–Crippen LogP) is 4.45. The maximum Gasteiger partial charge on any atom is 0.122 e. The van der Waals surface area contributed by atoms with E-state index in [1.165, 1.54) is 44.5 Å². The molecule has 0 aromatic heterocycles. The fourth-order valence-corrected chi connectivity index (χ4v) is 2.89. The largest absolute Gasteiger partial charge is 0.493 e. The lowest BCUT2D eigenvalue weighted by Gasteiger charge is -2.26. The van der Waals surface area contributed by atoms with Gasteiger partial charge in [-0.1, -0.05) is 38.5 Å². The Hall–Kier alpha value is -1.02. The highest BCUT2D eigenvalue weighted by Crippen LogP contribution is 2.28. The smallest absolute Gasteiger partial charge is 0.122 e. The Morgan fingerprint density at radius 3 is 2.65 bits per heavy atom. The molecule has 1 heterocycles. The molecule has 1 aliphatic heterocycles. The highest BCUT2D eigenvalue weighted by molar-refractivity contribution is 5.35. The van der Waals surface area contributed by atoms with Crippen LogP contribution in [0, 0.1) is 0 Å². The van der Waals surface area contributed by atoms with Crippen LogP contribution < -0.4 is 4.74 Å². The van der Waals surface area contributed by atoms with Crippen molar-refractivity contribution >= 4 is 0 Å². The molecule has 0 spiro atoms. The van der Waals surface area contributed by atoms with Gasteiger partial charge in [-0.05, 0) is 56.3 Å². The Balaban J connectivity index is 1.76. The zero-order valence-electron chi connectivity index (χ0n) is 13.1. The minimum atomic E-state index is 0.577. The highest BCUT2D eigenvalue weighted by atomic mass is 16.5. The van der Waals surface area contributed by atoms with Crippen molar-refractivity contribution in [1.82, 2.24) is 4.90 Å². The number of rotatable bonds is 7. The van der Waals surface area contributed by atoms with Crippen LogP contribution in [-0.2, 0) is 0 Å². The fourth-order valence-electron chi connectivity index (χ4n) is 2.89. The van der Waals surface area contributed by atoms with Crippen LogP contribution in [0.2, 0.25) is 0 Å². The third-order valence-corrected chi connectivity index (χ3v) is 4.39. The van der Waals surface area contributed by atoms with Crippen molar-refractivity contribution in [1.29, 1.82) is 0 Å². The molecule has 1 fully saturated rings. The summed E-state index contributed by atoms with van der Waals surface area (Å²) >= 11 is 0. The molecule has 2 nitrogen and oxygen atoms in total. The number of likely N-dealkylation sites (tertiary alicyclic amines) is 1. The van der Waals surface area contributed by atoms with Crippen LogP contribution in [0.5, 0.6) is 5.75 Å². The monoisotopic (exact) mass is 275 g/mol. The normalized spacial score (nSPS) is 17.9. The van der Waals surface area contributed by atoms with E-state index in [1.54, 1.807) is 0 Å². The van der Waals surface area contributed by atoms with Crippen LogP contribution >= 0.6 is 0 Å². The Labute approximate surface area is 124 Å². The second kappa shape index (κ2) is 8.31. The average Bonchev–Trinajstić information content (AvgIpc) is 2.52. The number of para-hydroxylation sites is 1. The standard InChI is InChI=1S/C18H29NO/c1-3-16(2)17-10-5-6-11-18(17)20-15-9-14-19-12-7-4-8-13-19/h5-6,10-11,16H,3-4,7-9,12-15H2,1-2H3/t16-/m0/s1. The van der Waals surface area contributed by atoms with Crippen LogP contribution in [0.3, 0.4) is 0 Å². The van der Waals surface area contributed by atoms with Crippen LogP contribution in [0.1, 0.15) is 57.4 Å². The second-order valence-corrected chi connectivity index (χ2v) is 5.95. The summed E-state index contributed by atoms with van der Waals surface area (Å²) in [5, 5.41) is 0. The molecule has 1 aromatic carbocycles. The number of nitrogens with zero attached hydrogens (tertiary/aromatic N) is 1. The van der Waals surface area contributed by atoms with Gasteiger partial charge in [-0.2, -0.15) is 0 Å². The van der Waals surface area contributed by atoms with Gasteiger partial charge in [0.05, 0.1) is 6.61 Å². The predicted molar refractivity (Wildman–Crippen MR) is 85.6 cm³/mol.